The van der Waals surface area contributed by atoms with E-state index in [4.69, 9.17) is 0 Å². The van der Waals surface area contributed by atoms with E-state index >= 15 is 0 Å². The number of carbonyl (C=O) groups is 2. The Balaban J connectivity index is 2.45. The van der Waals surface area contributed by atoms with E-state index in [1.165, 1.54) is 7.05 Å². The van der Waals surface area contributed by atoms with Gasteiger partial charge in [0.15, 0.2) is 5.41 Å². The first kappa shape index (κ1) is 8.94. The highest BCUT2D eigenvalue weighted by Crippen LogP contribution is 2.35. The summed E-state index contributed by atoms with van der Waals surface area (Å²) in [5.74, 6) is -0.262. The first-order valence-electron chi connectivity index (χ1n) is 4.46. The maximum Gasteiger partial charge on any atom is 0.248 e. The van der Waals surface area contributed by atoms with Gasteiger partial charge in [-0.05, 0) is 12.5 Å². The molecule has 1 heterocycles. The number of rotatable bonds is 1. The summed E-state index contributed by atoms with van der Waals surface area (Å²) in [5, 5.41) is 0. The molecule has 3 heteroatoms. The van der Waals surface area contributed by atoms with Gasteiger partial charge in [-0.25, -0.2) is 0 Å². The second-order valence-corrected chi connectivity index (χ2v) is 3.66. The van der Waals surface area contributed by atoms with Crippen molar-refractivity contribution < 1.29 is 9.59 Å². The molecule has 1 aromatic rings. The highest BCUT2D eigenvalue weighted by molar-refractivity contribution is 6.25. The molecule has 1 aliphatic heterocycles. The van der Waals surface area contributed by atoms with Crippen LogP contribution in [0.25, 0.3) is 0 Å². The summed E-state index contributed by atoms with van der Waals surface area (Å²) in [6.07, 6.45) is 0. The van der Waals surface area contributed by atoms with Crippen molar-refractivity contribution in [2.45, 2.75) is 12.3 Å². The standard InChI is InChI=1S/C11H11NO2/c1-11(8-6-4-3-5-7-8)9(13)12(2)10(11)14/h3-7H,1-2H3. The lowest BCUT2D eigenvalue weighted by Gasteiger charge is -2.42. The molecule has 3 nitrogen and oxygen atoms in total. The van der Waals surface area contributed by atoms with Gasteiger partial charge in [0.1, 0.15) is 0 Å². The van der Waals surface area contributed by atoms with E-state index in [1.807, 2.05) is 30.3 Å². The Labute approximate surface area is 82.3 Å². The zero-order valence-electron chi connectivity index (χ0n) is 8.15. The summed E-state index contributed by atoms with van der Waals surface area (Å²) in [4.78, 5) is 24.4. The van der Waals surface area contributed by atoms with Crippen LogP contribution in [-0.4, -0.2) is 23.8 Å². The Morgan fingerprint density at radius 2 is 1.57 bits per heavy atom. The Morgan fingerprint density at radius 1 is 1.07 bits per heavy atom. The molecule has 0 radical (unpaired) electrons. The van der Waals surface area contributed by atoms with Crippen molar-refractivity contribution in [3.63, 3.8) is 0 Å². The molecule has 0 unspecified atom stereocenters. The van der Waals surface area contributed by atoms with Crippen LogP contribution < -0.4 is 0 Å². The Hall–Kier alpha value is -1.64. The van der Waals surface area contributed by atoms with E-state index in [0.717, 1.165) is 10.5 Å². The SMILES string of the molecule is CN1C(=O)C(C)(c2ccccc2)C1=O. The predicted octanol–water partition coefficient (Wildman–Crippen LogP) is 0.943. The molecule has 0 saturated carbocycles. The minimum atomic E-state index is -0.948. The Morgan fingerprint density at radius 3 is 2.07 bits per heavy atom. The van der Waals surface area contributed by atoms with E-state index in [1.54, 1.807) is 6.92 Å². The van der Waals surface area contributed by atoms with Crippen molar-refractivity contribution >= 4 is 11.8 Å². The van der Waals surface area contributed by atoms with Gasteiger partial charge in [0.05, 0.1) is 0 Å². The number of β-lactam (4-membered cyclic amide) rings is 2. The van der Waals surface area contributed by atoms with Gasteiger partial charge in [-0.3, -0.25) is 14.5 Å². The quantitative estimate of drug-likeness (QED) is 0.487. The third-order valence-electron chi connectivity index (χ3n) is 2.82. The molecule has 1 aliphatic rings. The molecule has 0 aromatic heterocycles. The fourth-order valence-corrected chi connectivity index (χ4v) is 1.82. The van der Waals surface area contributed by atoms with Crippen molar-refractivity contribution in [3.8, 4) is 0 Å². The number of likely N-dealkylation sites (tertiary alicyclic amines) is 1. The molecule has 1 aromatic carbocycles. The third kappa shape index (κ3) is 0.867. The van der Waals surface area contributed by atoms with Crippen molar-refractivity contribution in [2.75, 3.05) is 7.05 Å². The summed E-state index contributed by atoms with van der Waals surface area (Å²) in [7, 11) is 1.51. The number of amides is 2. The van der Waals surface area contributed by atoms with Crippen LogP contribution in [0.3, 0.4) is 0 Å². The topological polar surface area (TPSA) is 37.4 Å². The number of nitrogens with zero attached hydrogens (tertiary/aromatic N) is 1. The summed E-state index contributed by atoms with van der Waals surface area (Å²) in [6.45, 7) is 1.67. The third-order valence-corrected chi connectivity index (χ3v) is 2.82. The molecular formula is C11H11NO2. The molecule has 72 valence electrons. The molecule has 2 rings (SSSR count). The van der Waals surface area contributed by atoms with Crippen LogP contribution in [0.15, 0.2) is 30.3 Å². The van der Waals surface area contributed by atoms with E-state index < -0.39 is 5.41 Å². The van der Waals surface area contributed by atoms with Gasteiger partial charge in [-0.2, -0.15) is 0 Å². The fraction of sp³-hybridized carbons (Fsp3) is 0.273. The molecule has 2 amide bonds. The molecule has 0 spiro atoms. The van der Waals surface area contributed by atoms with Crippen LogP contribution in [0.5, 0.6) is 0 Å². The van der Waals surface area contributed by atoms with Crippen molar-refractivity contribution in [1.82, 2.24) is 4.90 Å². The highest BCUT2D eigenvalue weighted by atomic mass is 16.2. The lowest BCUT2D eigenvalue weighted by atomic mass is 9.74. The van der Waals surface area contributed by atoms with Crippen LogP contribution in [-0.2, 0) is 15.0 Å². The van der Waals surface area contributed by atoms with E-state index in [9.17, 15) is 9.59 Å². The molecule has 1 fully saturated rings. The summed E-state index contributed by atoms with van der Waals surface area (Å²) < 4.78 is 0. The molecular weight excluding hydrogens is 178 g/mol. The van der Waals surface area contributed by atoms with Crippen LogP contribution in [0.1, 0.15) is 12.5 Å². The molecule has 0 N–H and O–H groups in total. The number of hydrogen-bond donors (Lipinski definition) is 0. The number of benzene rings is 1. The van der Waals surface area contributed by atoms with Gasteiger partial charge < -0.3 is 0 Å². The highest BCUT2D eigenvalue weighted by Gasteiger charge is 2.56. The number of imide groups is 1. The fourth-order valence-electron chi connectivity index (χ4n) is 1.82. The summed E-state index contributed by atoms with van der Waals surface area (Å²) >= 11 is 0. The smallest absolute Gasteiger partial charge is 0.248 e. The van der Waals surface area contributed by atoms with Gasteiger partial charge >= 0.3 is 0 Å². The van der Waals surface area contributed by atoms with Crippen LogP contribution in [0.4, 0.5) is 0 Å². The second-order valence-electron chi connectivity index (χ2n) is 3.66. The van der Waals surface area contributed by atoms with Gasteiger partial charge in [0.25, 0.3) is 0 Å². The largest absolute Gasteiger partial charge is 0.283 e. The summed E-state index contributed by atoms with van der Waals surface area (Å²) in [5.41, 5.74) is -0.177. The average molecular weight is 189 g/mol. The van der Waals surface area contributed by atoms with Gasteiger partial charge in [-0.15, -0.1) is 0 Å². The van der Waals surface area contributed by atoms with Gasteiger partial charge in [0, 0.05) is 7.05 Å². The second kappa shape index (κ2) is 2.67. The minimum absolute atomic E-state index is 0.131. The van der Waals surface area contributed by atoms with Gasteiger partial charge in [0.2, 0.25) is 11.8 Å². The molecule has 0 aliphatic carbocycles. The predicted molar refractivity (Wildman–Crippen MR) is 51.6 cm³/mol. The molecule has 14 heavy (non-hydrogen) atoms. The lowest BCUT2D eigenvalue weighted by molar-refractivity contribution is -0.165. The summed E-state index contributed by atoms with van der Waals surface area (Å²) in [6, 6.07) is 9.15. The Kier molecular flexibility index (Phi) is 1.71. The Bertz CT molecular complexity index is 381. The van der Waals surface area contributed by atoms with Crippen molar-refractivity contribution in [3.05, 3.63) is 35.9 Å². The van der Waals surface area contributed by atoms with E-state index in [2.05, 4.69) is 0 Å². The van der Waals surface area contributed by atoms with Gasteiger partial charge in [-0.1, -0.05) is 30.3 Å². The molecule has 0 atom stereocenters. The minimum Gasteiger partial charge on any atom is -0.283 e. The lowest BCUT2D eigenvalue weighted by Crippen LogP contribution is -2.65. The van der Waals surface area contributed by atoms with E-state index in [0.29, 0.717) is 0 Å². The first-order chi connectivity index (χ1) is 6.58. The zero-order chi connectivity index (χ0) is 10.3. The monoisotopic (exact) mass is 189 g/mol. The number of likely N-dealkylation sites (N-methyl/N-ethyl adjacent to an activating group) is 1. The normalized spacial score (nSPS) is 19.4. The van der Waals surface area contributed by atoms with E-state index in [-0.39, 0.29) is 11.8 Å². The first-order valence-corrected chi connectivity index (χ1v) is 4.46. The maximum atomic E-state index is 11.6. The van der Waals surface area contributed by atoms with Crippen LogP contribution >= 0.6 is 0 Å². The van der Waals surface area contributed by atoms with Crippen LogP contribution in [0, 0.1) is 0 Å². The zero-order valence-corrected chi connectivity index (χ0v) is 8.15. The average Bonchev–Trinajstić information content (AvgIpc) is 2.27. The number of carbonyl (C=O) groups excluding carboxylic acids is 2. The van der Waals surface area contributed by atoms with Crippen molar-refractivity contribution in [2.24, 2.45) is 0 Å². The molecule has 1 saturated heterocycles. The number of hydrogen-bond acceptors (Lipinski definition) is 2. The van der Waals surface area contributed by atoms with Crippen molar-refractivity contribution in [1.29, 1.82) is 0 Å². The van der Waals surface area contributed by atoms with Crippen LogP contribution in [0.2, 0.25) is 0 Å². The molecule has 0 bridgehead atoms. The maximum absolute atomic E-state index is 11.6.